The van der Waals surface area contributed by atoms with Gasteiger partial charge in [0.1, 0.15) is 12.4 Å². The number of aliphatic hydroxyl groups is 1. The number of carboxylic acids is 1. The molecule has 0 saturated carbocycles. The Bertz CT molecular complexity index is 393. The zero-order valence-corrected chi connectivity index (χ0v) is 11.0. The lowest BCUT2D eigenvalue weighted by atomic mass is 9.94. The molecular formula is C14H20O4. The van der Waals surface area contributed by atoms with Gasteiger partial charge in [0.15, 0.2) is 0 Å². The van der Waals surface area contributed by atoms with Crippen LogP contribution in [0.2, 0.25) is 0 Å². The van der Waals surface area contributed by atoms with E-state index in [-0.39, 0.29) is 18.9 Å². The molecule has 0 bridgehead atoms. The predicted molar refractivity (Wildman–Crippen MR) is 68.7 cm³/mol. The van der Waals surface area contributed by atoms with Crippen molar-refractivity contribution in [1.29, 1.82) is 0 Å². The Balaban J connectivity index is 2.56. The maximum Gasteiger partial charge on any atom is 0.307 e. The van der Waals surface area contributed by atoms with Crippen molar-refractivity contribution < 1.29 is 19.7 Å². The number of rotatable bonds is 6. The van der Waals surface area contributed by atoms with Crippen molar-refractivity contribution in [3.8, 4) is 5.75 Å². The van der Waals surface area contributed by atoms with E-state index in [0.717, 1.165) is 5.56 Å². The second kappa shape index (κ2) is 5.87. The molecule has 1 aromatic rings. The van der Waals surface area contributed by atoms with Crippen LogP contribution < -0.4 is 4.74 Å². The first kappa shape index (κ1) is 14.5. The van der Waals surface area contributed by atoms with Crippen LogP contribution in [0.15, 0.2) is 24.3 Å². The largest absolute Gasteiger partial charge is 0.491 e. The highest BCUT2D eigenvalue weighted by atomic mass is 16.5. The van der Waals surface area contributed by atoms with E-state index in [9.17, 15) is 9.90 Å². The normalized spacial score (nSPS) is 14.3. The van der Waals surface area contributed by atoms with E-state index < -0.39 is 11.6 Å². The topological polar surface area (TPSA) is 66.8 Å². The molecule has 0 aliphatic heterocycles. The van der Waals surface area contributed by atoms with Crippen LogP contribution in [-0.2, 0) is 11.2 Å². The first-order chi connectivity index (χ1) is 8.31. The van der Waals surface area contributed by atoms with Crippen molar-refractivity contribution in [2.24, 2.45) is 5.92 Å². The fourth-order valence-corrected chi connectivity index (χ4v) is 1.27. The highest BCUT2D eigenvalue weighted by Gasteiger charge is 2.25. The Hall–Kier alpha value is -1.55. The van der Waals surface area contributed by atoms with Crippen molar-refractivity contribution in [3.05, 3.63) is 29.8 Å². The fourth-order valence-electron chi connectivity index (χ4n) is 1.27. The number of carboxylic acid groups (broad SMARTS) is 1. The molecule has 0 fully saturated rings. The van der Waals surface area contributed by atoms with Gasteiger partial charge in [0.2, 0.25) is 0 Å². The lowest BCUT2D eigenvalue weighted by Crippen LogP contribution is -2.37. The highest BCUT2D eigenvalue weighted by molar-refractivity contribution is 5.70. The molecule has 0 saturated heterocycles. The molecule has 0 heterocycles. The predicted octanol–water partition coefficient (Wildman–Crippen LogP) is 2.10. The highest BCUT2D eigenvalue weighted by Crippen LogP contribution is 2.19. The van der Waals surface area contributed by atoms with Gasteiger partial charge in [-0.1, -0.05) is 26.0 Å². The molecule has 4 nitrogen and oxygen atoms in total. The molecule has 18 heavy (non-hydrogen) atoms. The zero-order valence-electron chi connectivity index (χ0n) is 11.0. The lowest BCUT2D eigenvalue weighted by molar-refractivity contribution is -0.136. The van der Waals surface area contributed by atoms with Gasteiger partial charge in [-0.05, 0) is 30.5 Å². The Morgan fingerprint density at radius 3 is 2.33 bits per heavy atom. The van der Waals surface area contributed by atoms with Crippen LogP contribution in [0, 0.1) is 5.92 Å². The van der Waals surface area contributed by atoms with Crippen molar-refractivity contribution in [1.82, 2.24) is 0 Å². The van der Waals surface area contributed by atoms with Gasteiger partial charge in [-0.15, -0.1) is 0 Å². The maximum atomic E-state index is 10.5. The summed E-state index contributed by atoms with van der Waals surface area (Å²) in [6.07, 6.45) is 0.00396. The van der Waals surface area contributed by atoms with E-state index in [2.05, 4.69) is 0 Å². The fraction of sp³-hybridized carbons (Fsp3) is 0.500. The molecule has 2 N–H and O–H groups in total. The second-order valence-corrected chi connectivity index (χ2v) is 5.02. The summed E-state index contributed by atoms with van der Waals surface area (Å²) >= 11 is 0. The van der Waals surface area contributed by atoms with E-state index in [4.69, 9.17) is 9.84 Å². The number of carbonyl (C=O) groups is 1. The third-order valence-corrected chi connectivity index (χ3v) is 3.05. The molecule has 0 amide bonds. The van der Waals surface area contributed by atoms with Gasteiger partial charge in [0, 0.05) is 0 Å². The average Bonchev–Trinajstić information content (AvgIpc) is 2.27. The minimum atomic E-state index is -0.875. The summed E-state index contributed by atoms with van der Waals surface area (Å²) in [6.45, 7) is 5.80. The summed E-state index contributed by atoms with van der Waals surface area (Å²) in [7, 11) is 0. The van der Waals surface area contributed by atoms with Gasteiger partial charge < -0.3 is 14.9 Å². The Morgan fingerprint density at radius 2 is 1.89 bits per heavy atom. The molecule has 4 heteroatoms. The van der Waals surface area contributed by atoms with Crippen LogP contribution in [0.4, 0.5) is 0 Å². The molecule has 0 radical (unpaired) electrons. The molecule has 0 aliphatic rings. The zero-order chi connectivity index (χ0) is 13.8. The first-order valence-electron chi connectivity index (χ1n) is 5.97. The van der Waals surface area contributed by atoms with Crippen LogP contribution in [-0.4, -0.2) is 28.4 Å². The van der Waals surface area contributed by atoms with Crippen molar-refractivity contribution in [2.75, 3.05) is 6.61 Å². The SMILES string of the molecule is CC(C)C(C)(O)COc1ccc(CC(=O)O)cc1. The van der Waals surface area contributed by atoms with E-state index in [0.29, 0.717) is 5.75 Å². The molecule has 0 aliphatic carbocycles. The van der Waals surface area contributed by atoms with Crippen LogP contribution in [0.25, 0.3) is 0 Å². The molecule has 1 unspecified atom stereocenters. The molecule has 100 valence electrons. The van der Waals surface area contributed by atoms with E-state index >= 15 is 0 Å². The number of benzene rings is 1. The molecular weight excluding hydrogens is 232 g/mol. The quantitative estimate of drug-likeness (QED) is 0.813. The molecule has 0 spiro atoms. The third-order valence-electron chi connectivity index (χ3n) is 3.05. The molecule has 1 rings (SSSR count). The van der Waals surface area contributed by atoms with E-state index in [1.165, 1.54) is 0 Å². The van der Waals surface area contributed by atoms with Gasteiger partial charge in [-0.3, -0.25) is 4.79 Å². The van der Waals surface area contributed by atoms with Crippen LogP contribution >= 0.6 is 0 Å². The average molecular weight is 252 g/mol. The number of hydrogen-bond donors (Lipinski definition) is 2. The summed E-state index contributed by atoms with van der Waals surface area (Å²) in [4.78, 5) is 10.5. The van der Waals surface area contributed by atoms with Gasteiger partial charge in [0.25, 0.3) is 0 Å². The van der Waals surface area contributed by atoms with E-state index in [1.807, 2.05) is 13.8 Å². The lowest BCUT2D eigenvalue weighted by Gasteiger charge is -2.27. The monoisotopic (exact) mass is 252 g/mol. The Kier molecular flexibility index (Phi) is 4.73. The van der Waals surface area contributed by atoms with E-state index in [1.54, 1.807) is 31.2 Å². The summed E-state index contributed by atoms with van der Waals surface area (Å²) in [6, 6.07) is 6.87. The van der Waals surface area contributed by atoms with Crippen LogP contribution in [0.1, 0.15) is 26.3 Å². The van der Waals surface area contributed by atoms with Gasteiger partial charge >= 0.3 is 5.97 Å². The van der Waals surface area contributed by atoms with Crippen LogP contribution in [0.5, 0.6) is 5.75 Å². The first-order valence-corrected chi connectivity index (χ1v) is 5.97. The third kappa shape index (κ3) is 4.37. The van der Waals surface area contributed by atoms with Gasteiger partial charge in [-0.2, -0.15) is 0 Å². The Morgan fingerprint density at radius 1 is 1.33 bits per heavy atom. The minimum absolute atomic E-state index is 0.00396. The van der Waals surface area contributed by atoms with Gasteiger partial charge in [0.05, 0.1) is 12.0 Å². The molecule has 0 aromatic heterocycles. The van der Waals surface area contributed by atoms with Crippen molar-refractivity contribution in [2.45, 2.75) is 32.8 Å². The summed E-state index contributed by atoms with van der Waals surface area (Å²) < 4.78 is 5.49. The Labute approximate surface area is 107 Å². The minimum Gasteiger partial charge on any atom is -0.491 e. The van der Waals surface area contributed by atoms with Crippen molar-refractivity contribution >= 4 is 5.97 Å². The summed E-state index contributed by atoms with van der Waals surface area (Å²) in [5.74, 6) is -0.125. The van der Waals surface area contributed by atoms with Crippen LogP contribution in [0.3, 0.4) is 0 Å². The number of aliphatic carboxylic acids is 1. The molecule has 1 aromatic carbocycles. The van der Waals surface area contributed by atoms with Gasteiger partial charge in [-0.25, -0.2) is 0 Å². The molecule has 1 atom stereocenters. The number of hydrogen-bond acceptors (Lipinski definition) is 3. The number of ether oxygens (including phenoxy) is 1. The maximum absolute atomic E-state index is 10.5. The smallest absolute Gasteiger partial charge is 0.307 e. The summed E-state index contributed by atoms with van der Waals surface area (Å²) in [5, 5.41) is 18.7. The standard InChI is InChI=1S/C14H20O4/c1-10(2)14(3,17)9-18-12-6-4-11(5-7-12)8-13(15)16/h4-7,10,17H,8-9H2,1-3H3,(H,15,16). The second-order valence-electron chi connectivity index (χ2n) is 5.02. The summed E-state index contributed by atoms with van der Waals surface area (Å²) in [5.41, 5.74) is -0.148. The van der Waals surface area contributed by atoms with Crippen molar-refractivity contribution in [3.63, 3.8) is 0 Å².